The SMILES string of the molecule is Cc1ncc(CO)c([C@@H](N)CC2CC2)c1O.Cl. The van der Waals surface area contributed by atoms with Crippen LogP contribution in [-0.4, -0.2) is 15.2 Å². The molecule has 17 heavy (non-hydrogen) atoms. The Labute approximate surface area is 107 Å². The van der Waals surface area contributed by atoms with Gasteiger partial charge in [-0.25, -0.2) is 0 Å². The monoisotopic (exact) mass is 258 g/mol. The first-order valence-corrected chi connectivity index (χ1v) is 5.67. The number of aryl methyl sites for hydroxylation is 1. The molecule has 0 amide bonds. The normalized spacial score (nSPS) is 16.4. The van der Waals surface area contributed by atoms with E-state index in [4.69, 9.17) is 5.73 Å². The third-order valence-electron chi connectivity index (χ3n) is 3.18. The van der Waals surface area contributed by atoms with Crippen molar-refractivity contribution in [3.8, 4) is 5.75 Å². The summed E-state index contributed by atoms with van der Waals surface area (Å²) in [5.74, 6) is 0.828. The minimum Gasteiger partial charge on any atom is -0.506 e. The standard InChI is InChI=1S/C12H18N2O2.ClH/c1-7-12(16)11(9(6-15)5-14-7)10(13)4-8-2-3-8;/h5,8,10,15-16H,2-4,6,13H2,1H3;1H/t10-;/m0./s1. The molecule has 2 rings (SSSR count). The Balaban J connectivity index is 0.00000144. The van der Waals surface area contributed by atoms with Gasteiger partial charge in [0, 0.05) is 23.4 Å². The van der Waals surface area contributed by atoms with Crippen LogP contribution >= 0.6 is 12.4 Å². The second-order valence-corrected chi connectivity index (χ2v) is 4.57. The Kier molecular flexibility index (Phi) is 4.74. The highest BCUT2D eigenvalue weighted by molar-refractivity contribution is 5.85. The fourth-order valence-corrected chi connectivity index (χ4v) is 2.02. The van der Waals surface area contributed by atoms with Crippen molar-refractivity contribution < 1.29 is 10.2 Å². The average molecular weight is 259 g/mol. The van der Waals surface area contributed by atoms with Crippen molar-refractivity contribution >= 4 is 12.4 Å². The molecule has 4 nitrogen and oxygen atoms in total. The third kappa shape index (κ3) is 3.09. The number of aliphatic hydroxyl groups is 1. The van der Waals surface area contributed by atoms with Crippen LogP contribution in [0.1, 0.15) is 42.1 Å². The summed E-state index contributed by atoms with van der Waals surface area (Å²) >= 11 is 0. The fourth-order valence-electron chi connectivity index (χ4n) is 2.02. The fraction of sp³-hybridized carbons (Fsp3) is 0.583. The highest BCUT2D eigenvalue weighted by Crippen LogP contribution is 2.39. The number of nitrogens with two attached hydrogens (primary N) is 1. The molecule has 0 aliphatic heterocycles. The number of hydrogen-bond acceptors (Lipinski definition) is 4. The topological polar surface area (TPSA) is 79.4 Å². The predicted octanol–water partition coefficient (Wildman–Crippen LogP) is 1.81. The summed E-state index contributed by atoms with van der Waals surface area (Å²) in [6.07, 6.45) is 4.93. The lowest BCUT2D eigenvalue weighted by Crippen LogP contribution is -2.14. The maximum Gasteiger partial charge on any atom is 0.141 e. The van der Waals surface area contributed by atoms with Gasteiger partial charge in [-0.1, -0.05) is 12.8 Å². The summed E-state index contributed by atoms with van der Waals surface area (Å²) in [6.45, 7) is 1.61. The highest BCUT2D eigenvalue weighted by atomic mass is 35.5. The van der Waals surface area contributed by atoms with Crippen LogP contribution in [0.5, 0.6) is 5.75 Å². The summed E-state index contributed by atoms with van der Waals surface area (Å²) in [4.78, 5) is 4.02. The van der Waals surface area contributed by atoms with E-state index in [-0.39, 0.29) is 30.8 Å². The molecule has 4 N–H and O–H groups in total. The third-order valence-corrected chi connectivity index (χ3v) is 3.18. The van der Waals surface area contributed by atoms with Gasteiger partial charge in [-0.15, -0.1) is 12.4 Å². The van der Waals surface area contributed by atoms with Gasteiger partial charge in [-0.2, -0.15) is 0 Å². The Bertz CT molecular complexity index is 394. The minimum absolute atomic E-state index is 0. The van der Waals surface area contributed by atoms with Gasteiger partial charge in [0.1, 0.15) is 5.75 Å². The number of aromatic nitrogens is 1. The zero-order valence-corrected chi connectivity index (χ0v) is 10.7. The van der Waals surface area contributed by atoms with Crippen molar-refractivity contribution in [2.24, 2.45) is 11.7 Å². The number of aliphatic hydroxyl groups excluding tert-OH is 1. The maximum absolute atomic E-state index is 9.96. The van der Waals surface area contributed by atoms with Crippen LogP contribution in [0, 0.1) is 12.8 Å². The van der Waals surface area contributed by atoms with E-state index < -0.39 is 0 Å². The highest BCUT2D eigenvalue weighted by Gasteiger charge is 2.27. The molecule has 0 unspecified atom stereocenters. The Morgan fingerprint density at radius 3 is 2.71 bits per heavy atom. The molecule has 1 aliphatic rings. The summed E-state index contributed by atoms with van der Waals surface area (Å²) in [5, 5.41) is 19.2. The lowest BCUT2D eigenvalue weighted by molar-refractivity contribution is 0.277. The van der Waals surface area contributed by atoms with E-state index in [9.17, 15) is 10.2 Å². The molecular weight excluding hydrogens is 240 g/mol. The van der Waals surface area contributed by atoms with E-state index >= 15 is 0 Å². The summed E-state index contributed by atoms with van der Waals surface area (Å²) in [7, 11) is 0. The quantitative estimate of drug-likeness (QED) is 0.770. The van der Waals surface area contributed by atoms with Crippen LogP contribution in [0.2, 0.25) is 0 Å². The van der Waals surface area contributed by atoms with Gasteiger partial charge in [-0.3, -0.25) is 4.98 Å². The van der Waals surface area contributed by atoms with Crippen molar-refractivity contribution in [2.75, 3.05) is 0 Å². The van der Waals surface area contributed by atoms with Crippen LogP contribution in [0.25, 0.3) is 0 Å². The molecular formula is C12H19ClN2O2. The number of hydrogen-bond donors (Lipinski definition) is 3. The van der Waals surface area contributed by atoms with E-state index in [1.807, 2.05) is 0 Å². The Morgan fingerprint density at radius 1 is 1.53 bits per heavy atom. The van der Waals surface area contributed by atoms with Gasteiger partial charge in [0.15, 0.2) is 0 Å². The van der Waals surface area contributed by atoms with Crippen LogP contribution < -0.4 is 5.73 Å². The second kappa shape index (κ2) is 5.67. The van der Waals surface area contributed by atoms with Crippen molar-refractivity contribution in [2.45, 2.75) is 38.8 Å². The minimum atomic E-state index is -0.198. The predicted molar refractivity (Wildman–Crippen MR) is 68.1 cm³/mol. The zero-order chi connectivity index (χ0) is 11.7. The van der Waals surface area contributed by atoms with Crippen LogP contribution in [-0.2, 0) is 6.61 Å². The smallest absolute Gasteiger partial charge is 0.141 e. The van der Waals surface area contributed by atoms with Crippen molar-refractivity contribution in [1.82, 2.24) is 4.98 Å². The maximum atomic E-state index is 9.96. The molecule has 1 atom stereocenters. The van der Waals surface area contributed by atoms with Gasteiger partial charge < -0.3 is 15.9 Å². The van der Waals surface area contributed by atoms with Gasteiger partial charge in [0.05, 0.1) is 12.3 Å². The van der Waals surface area contributed by atoms with Gasteiger partial charge >= 0.3 is 0 Å². The summed E-state index contributed by atoms with van der Waals surface area (Å²) in [5.41, 5.74) is 7.95. The molecule has 0 bridgehead atoms. The molecule has 1 aliphatic carbocycles. The number of aromatic hydroxyl groups is 1. The largest absolute Gasteiger partial charge is 0.506 e. The molecule has 96 valence electrons. The van der Waals surface area contributed by atoms with Crippen molar-refractivity contribution in [3.63, 3.8) is 0 Å². The van der Waals surface area contributed by atoms with Crippen molar-refractivity contribution in [1.29, 1.82) is 0 Å². The molecule has 1 saturated carbocycles. The van der Waals surface area contributed by atoms with E-state index in [1.54, 1.807) is 13.1 Å². The zero-order valence-electron chi connectivity index (χ0n) is 9.89. The van der Waals surface area contributed by atoms with E-state index in [0.29, 0.717) is 22.7 Å². The van der Waals surface area contributed by atoms with Gasteiger partial charge in [-0.05, 0) is 19.3 Å². The van der Waals surface area contributed by atoms with Crippen LogP contribution in [0.3, 0.4) is 0 Å². The molecule has 1 aromatic rings. The Morgan fingerprint density at radius 2 is 2.18 bits per heavy atom. The van der Waals surface area contributed by atoms with E-state index in [2.05, 4.69) is 4.98 Å². The van der Waals surface area contributed by atoms with E-state index in [0.717, 1.165) is 6.42 Å². The number of nitrogens with zero attached hydrogens (tertiary/aromatic N) is 1. The Hall–Kier alpha value is -0.840. The first-order chi connectivity index (χ1) is 7.63. The number of rotatable bonds is 4. The molecule has 1 fully saturated rings. The van der Waals surface area contributed by atoms with Crippen LogP contribution in [0.4, 0.5) is 0 Å². The lowest BCUT2D eigenvalue weighted by Gasteiger charge is -2.17. The first kappa shape index (κ1) is 14.2. The molecule has 1 heterocycles. The molecule has 0 radical (unpaired) electrons. The van der Waals surface area contributed by atoms with Gasteiger partial charge in [0.25, 0.3) is 0 Å². The summed E-state index contributed by atoms with van der Waals surface area (Å²) < 4.78 is 0. The summed E-state index contributed by atoms with van der Waals surface area (Å²) in [6, 6.07) is -0.198. The molecule has 0 aromatic carbocycles. The number of halogens is 1. The van der Waals surface area contributed by atoms with E-state index in [1.165, 1.54) is 12.8 Å². The second-order valence-electron chi connectivity index (χ2n) is 4.57. The number of pyridine rings is 1. The molecule has 0 saturated heterocycles. The van der Waals surface area contributed by atoms with Crippen molar-refractivity contribution in [3.05, 3.63) is 23.0 Å². The molecule has 5 heteroatoms. The average Bonchev–Trinajstić information content (AvgIpc) is 3.05. The van der Waals surface area contributed by atoms with Crippen LogP contribution in [0.15, 0.2) is 6.20 Å². The molecule has 0 spiro atoms. The molecule has 1 aromatic heterocycles. The van der Waals surface area contributed by atoms with Gasteiger partial charge in [0.2, 0.25) is 0 Å². The lowest BCUT2D eigenvalue weighted by atomic mass is 9.97. The first-order valence-electron chi connectivity index (χ1n) is 5.67.